The highest BCUT2D eigenvalue weighted by atomic mass is 16.1. The fraction of sp³-hybridized carbons (Fsp3) is 0.900. The molecule has 0 radical (unpaired) electrons. The Balaban J connectivity index is 2.33. The summed E-state index contributed by atoms with van der Waals surface area (Å²) in [5.41, 5.74) is 5.24. The lowest BCUT2D eigenvalue weighted by molar-refractivity contribution is -0.128. The SMILES string of the molecule is CC1CCC2(C(N)=O)CCC(C)N12. The van der Waals surface area contributed by atoms with Crippen molar-refractivity contribution >= 4 is 5.91 Å². The average Bonchev–Trinajstić information content (AvgIpc) is 2.55. The van der Waals surface area contributed by atoms with Gasteiger partial charge < -0.3 is 5.73 Å². The zero-order chi connectivity index (χ0) is 9.64. The van der Waals surface area contributed by atoms with Gasteiger partial charge in [-0.15, -0.1) is 0 Å². The van der Waals surface area contributed by atoms with Crippen molar-refractivity contribution in [3.05, 3.63) is 0 Å². The Kier molecular flexibility index (Phi) is 1.88. The summed E-state index contributed by atoms with van der Waals surface area (Å²) in [5.74, 6) is -0.110. The van der Waals surface area contributed by atoms with E-state index in [0.717, 1.165) is 25.7 Å². The second-order valence-corrected chi connectivity index (χ2v) is 4.58. The molecule has 3 nitrogen and oxygen atoms in total. The van der Waals surface area contributed by atoms with Gasteiger partial charge in [-0.2, -0.15) is 0 Å². The molecule has 2 aliphatic rings. The van der Waals surface area contributed by atoms with Gasteiger partial charge in [0.25, 0.3) is 0 Å². The maximum Gasteiger partial charge on any atom is 0.237 e. The molecular weight excluding hydrogens is 164 g/mol. The van der Waals surface area contributed by atoms with Crippen LogP contribution in [0.5, 0.6) is 0 Å². The van der Waals surface area contributed by atoms with E-state index in [1.54, 1.807) is 0 Å². The first-order valence-corrected chi connectivity index (χ1v) is 5.16. The Morgan fingerprint density at radius 1 is 1.31 bits per heavy atom. The molecule has 1 amide bonds. The van der Waals surface area contributed by atoms with E-state index in [0.29, 0.717) is 12.1 Å². The summed E-state index contributed by atoms with van der Waals surface area (Å²) in [6.07, 6.45) is 4.17. The van der Waals surface area contributed by atoms with Crippen LogP contribution in [0.25, 0.3) is 0 Å². The number of carbonyl (C=O) groups is 1. The maximum absolute atomic E-state index is 11.5. The lowest BCUT2D eigenvalue weighted by Crippen LogP contribution is -2.53. The number of nitrogens with zero attached hydrogens (tertiary/aromatic N) is 1. The molecule has 0 bridgehead atoms. The first-order valence-electron chi connectivity index (χ1n) is 5.16. The minimum Gasteiger partial charge on any atom is -0.368 e. The van der Waals surface area contributed by atoms with Gasteiger partial charge >= 0.3 is 0 Å². The van der Waals surface area contributed by atoms with Gasteiger partial charge in [0, 0.05) is 12.1 Å². The number of fused-ring (bicyclic) bond motifs is 1. The van der Waals surface area contributed by atoms with Gasteiger partial charge in [-0.25, -0.2) is 0 Å². The number of amides is 1. The standard InChI is InChI=1S/C10H18N2O/c1-7-3-5-10(9(11)13)6-4-8(2)12(7)10/h7-8H,3-6H2,1-2H3,(H2,11,13). The number of hydrogen-bond acceptors (Lipinski definition) is 2. The van der Waals surface area contributed by atoms with Crippen LogP contribution in [0, 0.1) is 0 Å². The Bertz CT molecular complexity index is 225. The van der Waals surface area contributed by atoms with E-state index < -0.39 is 0 Å². The molecule has 2 aliphatic heterocycles. The summed E-state index contributed by atoms with van der Waals surface area (Å²) in [5, 5.41) is 0. The molecule has 2 N–H and O–H groups in total. The van der Waals surface area contributed by atoms with Gasteiger partial charge in [-0.3, -0.25) is 9.69 Å². The molecule has 13 heavy (non-hydrogen) atoms. The fourth-order valence-electron chi connectivity index (χ4n) is 3.21. The molecule has 2 heterocycles. The summed E-state index contributed by atoms with van der Waals surface area (Å²) in [4.78, 5) is 13.8. The van der Waals surface area contributed by atoms with Crippen molar-refractivity contribution in [1.29, 1.82) is 0 Å². The molecule has 2 rings (SSSR count). The first kappa shape index (κ1) is 9.00. The Labute approximate surface area is 79.3 Å². The number of hydrogen-bond donors (Lipinski definition) is 1. The Morgan fingerprint density at radius 3 is 2.08 bits per heavy atom. The molecule has 0 aromatic rings. The third-order valence-corrected chi connectivity index (χ3v) is 3.85. The molecular formula is C10H18N2O. The summed E-state index contributed by atoms with van der Waals surface area (Å²) in [6, 6.07) is 1.06. The van der Waals surface area contributed by atoms with Crippen molar-refractivity contribution in [2.45, 2.75) is 57.2 Å². The Morgan fingerprint density at radius 2 is 1.77 bits per heavy atom. The monoisotopic (exact) mass is 182 g/mol. The molecule has 0 aliphatic carbocycles. The summed E-state index contributed by atoms with van der Waals surface area (Å²) < 4.78 is 0. The topological polar surface area (TPSA) is 46.3 Å². The predicted octanol–water partition coefficient (Wildman–Crippen LogP) is 0.877. The number of nitrogens with two attached hydrogens (primary N) is 1. The third kappa shape index (κ3) is 1.03. The number of rotatable bonds is 1. The smallest absolute Gasteiger partial charge is 0.237 e. The minimum absolute atomic E-state index is 0.110. The van der Waals surface area contributed by atoms with Crippen LogP contribution in [0.15, 0.2) is 0 Å². The van der Waals surface area contributed by atoms with E-state index in [-0.39, 0.29) is 11.4 Å². The van der Waals surface area contributed by atoms with Gasteiger partial charge in [-0.1, -0.05) is 0 Å². The van der Waals surface area contributed by atoms with E-state index in [1.165, 1.54) is 0 Å². The van der Waals surface area contributed by atoms with E-state index in [1.807, 2.05) is 0 Å². The summed E-state index contributed by atoms with van der Waals surface area (Å²) in [6.45, 7) is 4.40. The molecule has 3 heteroatoms. The highest BCUT2D eigenvalue weighted by Crippen LogP contribution is 2.45. The highest BCUT2D eigenvalue weighted by molar-refractivity contribution is 5.85. The molecule has 2 saturated heterocycles. The molecule has 74 valence electrons. The van der Waals surface area contributed by atoms with Crippen LogP contribution in [0.2, 0.25) is 0 Å². The van der Waals surface area contributed by atoms with Crippen molar-refractivity contribution in [3.8, 4) is 0 Å². The normalized spacial score (nSPS) is 45.1. The third-order valence-electron chi connectivity index (χ3n) is 3.85. The van der Waals surface area contributed by atoms with Crippen molar-refractivity contribution in [2.75, 3.05) is 0 Å². The fourth-order valence-corrected chi connectivity index (χ4v) is 3.21. The number of carbonyl (C=O) groups excluding carboxylic acids is 1. The predicted molar refractivity (Wildman–Crippen MR) is 51.2 cm³/mol. The Hall–Kier alpha value is -0.570. The van der Waals surface area contributed by atoms with Gasteiger partial charge in [0.15, 0.2) is 0 Å². The lowest BCUT2D eigenvalue weighted by Gasteiger charge is -2.33. The van der Waals surface area contributed by atoms with Gasteiger partial charge in [0.1, 0.15) is 5.54 Å². The summed E-state index contributed by atoms with van der Waals surface area (Å²) >= 11 is 0. The van der Waals surface area contributed by atoms with E-state index >= 15 is 0 Å². The van der Waals surface area contributed by atoms with Crippen LogP contribution < -0.4 is 5.73 Å². The highest BCUT2D eigenvalue weighted by Gasteiger charge is 2.54. The van der Waals surface area contributed by atoms with Crippen molar-refractivity contribution < 1.29 is 4.79 Å². The van der Waals surface area contributed by atoms with Crippen molar-refractivity contribution in [1.82, 2.24) is 4.90 Å². The van der Waals surface area contributed by atoms with Gasteiger partial charge in [0.2, 0.25) is 5.91 Å². The van der Waals surface area contributed by atoms with Gasteiger partial charge in [-0.05, 0) is 39.5 Å². The average molecular weight is 182 g/mol. The van der Waals surface area contributed by atoms with Crippen LogP contribution in [0.4, 0.5) is 0 Å². The second-order valence-electron chi connectivity index (χ2n) is 4.58. The van der Waals surface area contributed by atoms with Crippen LogP contribution >= 0.6 is 0 Å². The first-order chi connectivity index (χ1) is 6.08. The van der Waals surface area contributed by atoms with Crippen LogP contribution in [0.1, 0.15) is 39.5 Å². The lowest BCUT2D eigenvalue weighted by atomic mass is 9.93. The van der Waals surface area contributed by atoms with Crippen molar-refractivity contribution in [2.24, 2.45) is 5.73 Å². The van der Waals surface area contributed by atoms with E-state index in [2.05, 4.69) is 18.7 Å². The zero-order valence-electron chi connectivity index (χ0n) is 8.42. The largest absolute Gasteiger partial charge is 0.368 e. The van der Waals surface area contributed by atoms with E-state index in [9.17, 15) is 4.79 Å². The molecule has 2 atom stereocenters. The molecule has 2 fully saturated rings. The van der Waals surface area contributed by atoms with Crippen molar-refractivity contribution in [3.63, 3.8) is 0 Å². The summed E-state index contributed by atoms with van der Waals surface area (Å²) in [7, 11) is 0. The maximum atomic E-state index is 11.5. The molecule has 0 saturated carbocycles. The van der Waals surface area contributed by atoms with Crippen LogP contribution in [-0.4, -0.2) is 28.4 Å². The van der Waals surface area contributed by atoms with Gasteiger partial charge in [0.05, 0.1) is 0 Å². The van der Waals surface area contributed by atoms with Crippen LogP contribution in [0.3, 0.4) is 0 Å². The number of primary amides is 1. The molecule has 0 spiro atoms. The zero-order valence-corrected chi connectivity index (χ0v) is 8.42. The van der Waals surface area contributed by atoms with E-state index in [4.69, 9.17) is 5.73 Å². The quantitative estimate of drug-likeness (QED) is 0.654. The minimum atomic E-state index is -0.279. The molecule has 0 aromatic heterocycles. The van der Waals surface area contributed by atoms with Crippen LogP contribution in [-0.2, 0) is 4.79 Å². The second kappa shape index (κ2) is 2.71. The molecule has 0 aromatic carbocycles. The molecule has 2 unspecified atom stereocenters.